The van der Waals surface area contributed by atoms with Gasteiger partial charge < -0.3 is 0 Å². The van der Waals surface area contributed by atoms with Crippen LogP contribution in [0.25, 0.3) is 0 Å². The number of unbranched alkanes of at least 4 members (excludes halogenated alkanes) is 16. The first kappa shape index (κ1) is 37.6. The van der Waals surface area contributed by atoms with Gasteiger partial charge in [0.1, 0.15) is 0 Å². The zero-order valence-corrected chi connectivity index (χ0v) is 31.9. The summed E-state index contributed by atoms with van der Waals surface area (Å²) in [7, 11) is 1.74. The molecule has 0 saturated carbocycles. The van der Waals surface area contributed by atoms with E-state index in [1.807, 2.05) is 0 Å². The lowest BCUT2D eigenvalue weighted by Crippen LogP contribution is -2.33. The minimum atomic E-state index is 0.237. The third-order valence-electron chi connectivity index (χ3n) is 8.05. The van der Waals surface area contributed by atoms with E-state index >= 15 is 0 Å². The Morgan fingerprint density at radius 3 is 1.36 bits per heavy atom. The molecular formula is C35H62Br2Si2. The molecule has 0 aliphatic carbocycles. The van der Waals surface area contributed by atoms with Crippen molar-refractivity contribution in [1.29, 1.82) is 0 Å². The lowest BCUT2D eigenvalue weighted by molar-refractivity contribution is 0.516. The van der Waals surface area contributed by atoms with Crippen molar-refractivity contribution in [3.63, 3.8) is 0 Å². The van der Waals surface area contributed by atoms with Crippen LogP contribution >= 0.6 is 31.9 Å². The lowest BCUT2D eigenvalue weighted by Gasteiger charge is -2.27. The molecule has 0 aromatic heterocycles. The maximum absolute atomic E-state index is 3.87. The summed E-state index contributed by atoms with van der Waals surface area (Å²) in [5.74, 6) is 0. The van der Waals surface area contributed by atoms with Crippen molar-refractivity contribution in [2.75, 3.05) is 0 Å². The van der Waals surface area contributed by atoms with Crippen molar-refractivity contribution < 1.29 is 0 Å². The smallest absolute Gasteiger partial charge is 0.0712 e. The second kappa shape index (κ2) is 22.2. The summed E-state index contributed by atoms with van der Waals surface area (Å²) in [6.45, 7) is 14.6. The third-order valence-corrected chi connectivity index (χ3v) is 12.2. The summed E-state index contributed by atoms with van der Waals surface area (Å²) in [5.41, 5.74) is 1.46. The summed E-state index contributed by atoms with van der Waals surface area (Å²) in [4.78, 5) is 0. The zero-order chi connectivity index (χ0) is 29.0. The molecule has 0 aliphatic heterocycles. The van der Waals surface area contributed by atoms with E-state index in [1.165, 1.54) is 139 Å². The Kier molecular flexibility index (Phi) is 21.4. The van der Waals surface area contributed by atoms with Crippen LogP contribution in [0.4, 0.5) is 0 Å². The summed E-state index contributed by atoms with van der Waals surface area (Å²) in [6, 6.07) is 7.40. The first-order valence-electron chi connectivity index (χ1n) is 16.6. The van der Waals surface area contributed by atoms with Gasteiger partial charge in [-0.15, -0.1) is 0 Å². The Morgan fingerprint density at radius 1 is 0.564 bits per heavy atom. The number of rotatable bonds is 25. The molecule has 0 heterocycles. The molecule has 0 saturated heterocycles. The van der Waals surface area contributed by atoms with Gasteiger partial charge in [0.15, 0.2) is 0 Å². The van der Waals surface area contributed by atoms with Crippen LogP contribution in [0.5, 0.6) is 0 Å². The van der Waals surface area contributed by atoms with Gasteiger partial charge in [0.25, 0.3) is 0 Å². The van der Waals surface area contributed by atoms with Gasteiger partial charge in [0.2, 0.25) is 0 Å². The van der Waals surface area contributed by atoms with Crippen LogP contribution < -0.4 is 10.4 Å². The summed E-state index contributed by atoms with van der Waals surface area (Å²) in [5, 5.41) is 3.84. The van der Waals surface area contributed by atoms with E-state index in [1.54, 1.807) is 5.19 Å². The van der Waals surface area contributed by atoms with Crippen molar-refractivity contribution in [2.45, 2.75) is 184 Å². The quantitative estimate of drug-likeness (QED) is 0.0542. The van der Waals surface area contributed by atoms with Gasteiger partial charge in [0, 0.05) is 0 Å². The van der Waals surface area contributed by atoms with E-state index < -0.39 is 0 Å². The Morgan fingerprint density at radius 2 is 0.949 bits per heavy atom. The summed E-state index contributed by atoms with van der Waals surface area (Å²) in [6.07, 6.45) is 28.1. The number of benzene rings is 1. The highest BCUT2D eigenvalue weighted by atomic mass is 79.9. The van der Waals surface area contributed by atoms with Crippen LogP contribution in [-0.2, 0) is 0 Å². The molecule has 0 amide bonds. The molecule has 0 spiro atoms. The molecular weight excluding hydrogens is 636 g/mol. The van der Waals surface area contributed by atoms with Crippen molar-refractivity contribution in [3.05, 3.63) is 23.8 Å². The van der Waals surface area contributed by atoms with Crippen LogP contribution in [0, 0.1) is 0 Å². The first-order valence-corrected chi connectivity index (χ1v) is 20.4. The van der Waals surface area contributed by atoms with Crippen molar-refractivity contribution in [3.8, 4) is 0 Å². The van der Waals surface area contributed by atoms with Gasteiger partial charge in [-0.05, 0) is 15.6 Å². The van der Waals surface area contributed by atoms with Crippen LogP contribution in [-0.4, -0.2) is 19.0 Å². The molecule has 0 unspecified atom stereocenters. The number of alkyl halides is 2. The highest BCUT2D eigenvalue weighted by molar-refractivity contribution is 9.24. The molecule has 0 bridgehead atoms. The van der Waals surface area contributed by atoms with E-state index in [-0.39, 0.29) is 3.74 Å². The van der Waals surface area contributed by atoms with Crippen LogP contribution in [0.1, 0.15) is 179 Å². The second-order valence-corrected chi connectivity index (χ2v) is 20.7. The van der Waals surface area contributed by atoms with Gasteiger partial charge in [-0.1, -0.05) is 230 Å². The largest absolute Gasteiger partial charge is 0.0945 e. The lowest BCUT2D eigenvalue weighted by atomic mass is 10.0. The minimum absolute atomic E-state index is 0.237. The van der Waals surface area contributed by atoms with E-state index in [2.05, 4.69) is 91.6 Å². The molecule has 0 aliphatic rings. The Bertz CT molecular complexity index is 729. The van der Waals surface area contributed by atoms with Crippen LogP contribution in [0.2, 0.25) is 10.1 Å². The standard InChI is InChI=1S/C35H62Br2Si2/c1-7-9-11-13-15-17-19-21-23-27-34(3,4)38-30-25-26-32(31(29-30)33(36)37)39-35(5,6)28-24-22-20-18-16-14-12-10-8-2/h25-26,29,33H,7-24,27-28H2,1-6H3. The third kappa shape index (κ3) is 19.4. The molecule has 0 fully saturated rings. The van der Waals surface area contributed by atoms with E-state index in [0.29, 0.717) is 10.1 Å². The summed E-state index contributed by atoms with van der Waals surface area (Å²) < 4.78 is 0.237. The monoisotopic (exact) mass is 696 g/mol. The van der Waals surface area contributed by atoms with Crippen molar-refractivity contribution in [2.24, 2.45) is 0 Å². The number of hydrogen-bond donors (Lipinski definition) is 0. The second-order valence-electron chi connectivity index (χ2n) is 13.3. The van der Waals surface area contributed by atoms with E-state index in [0.717, 1.165) is 19.0 Å². The molecule has 4 heteroatoms. The predicted octanol–water partition coefficient (Wildman–Crippen LogP) is 12.4. The fourth-order valence-corrected chi connectivity index (χ4v) is 9.79. The molecule has 0 N–H and O–H groups in total. The van der Waals surface area contributed by atoms with Gasteiger partial charge in [-0.25, -0.2) is 0 Å². The topological polar surface area (TPSA) is 0 Å². The fraction of sp³-hybridized carbons (Fsp3) is 0.829. The van der Waals surface area contributed by atoms with Crippen LogP contribution in [0.15, 0.2) is 18.2 Å². The Balaban J connectivity index is 2.47. The SMILES string of the molecule is CCCCCCCCCCCC(C)(C)[Si]c1ccc([Si]C(C)(C)CCCCCCCCCCC)c(C(Br)Br)c1. The number of hydrogen-bond acceptors (Lipinski definition) is 0. The minimum Gasteiger partial charge on any atom is -0.0712 e. The fourth-order valence-electron chi connectivity index (χ4n) is 5.57. The number of halogens is 2. The van der Waals surface area contributed by atoms with Gasteiger partial charge in [0.05, 0.1) is 22.8 Å². The first-order chi connectivity index (χ1) is 18.6. The molecule has 1 aromatic rings. The molecule has 39 heavy (non-hydrogen) atoms. The van der Waals surface area contributed by atoms with Gasteiger partial charge in [-0.3, -0.25) is 0 Å². The van der Waals surface area contributed by atoms with Crippen molar-refractivity contribution in [1.82, 2.24) is 0 Å². The van der Waals surface area contributed by atoms with Gasteiger partial charge in [-0.2, -0.15) is 0 Å². The molecule has 4 radical (unpaired) electrons. The van der Waals surface area contributed by atoms with Crippen molar-refractivity contribution >= 4 is 61.3 Å². The predicted molar refractivity (Wildman–Crippen MR) is 190 cm³/mol. The van der Waals surface area contributed by atoms with E-state index in [4.69, 9.17) is 0 Å². The molecule has 1 rings (SSSR count). The Hall–Kier alpha value is 0.614. The molecule has 1 aromatic carbocycles. The molecule has 0 nitrogen and oxygen atoms in total. The van der Waals surface area contributed by atoms with Gasteiger partial charge >= 0.3 is 0 Å². The average molecular weight is 699 g/mol. The van der Waals surface area contributed by atoms with Crippen LogP contribution in [0.3, 0.4) is 0 Å². The van der Waals surface area contributed by atoms with E-state index in [9.17, 15) is 0 Å². The highest BCUT2D eigenvalue weighted by Gasteiger charge is 2.24. The average Bonchev–Trinajstić information content (AvgIpc) is 2.87. The maximum Gasteiger partial charge on any atom is 0.0945 e. The molecule has 0 atom stereocenters. The zero-order valence-electron chi connectivity index (χ0n) is 26.7. The Labute approximate surface area is 267 Å². The molecule has 224 valence electrons. The maximum atomic E-state index is 3.87. The normalized spacial score (nSPS) is 12.5. The highest BCUT2D eigenvalue weighted by Crippen LogP contribution is 2.34. The summed E-state index contributed by atoms with van der Waals surface area (Å²) >= 11 is 7.74.